The van der Waals surface area contributed by atoms with Crippen molar-refractivity contribution in [2.75, 3.05) is 11.9 Å². The molecule has 0 aliphatic rings. The number of nitrogens with one attached hydrogen (secondary N) is 2. The fourth-order valence-electron chi connectivity index (χ4n) is 3.39. The van der Waals surface area contributed by atoms with Crippen molar-refractivity contribution in [3.63, 3.8) is 0 Å². The van der Waals surface area contributed by atoms with Crippen molar-refractivity contribution in [3.05, 3.63) is 59.7 Å². The van der Waals surface area contributed by atoms with E-state index in [1.165, 1.54) is 12.1 Å². The Kier molecular flexibility index (Phi) is 9.19. The fourth-order valence-corrected chi connectivity index (χ4v) is 4.74. The zero-order chi connectivity index (χ0) is 24.8. The smallest absolute Gasteiger partial charge is 0.324 e. The molecule has 1 atom stereocenters. The van der Waals surface area contributed by atoms with Gasteiger partial charge in [0.1, 0.15) is 6.04 Å². The van der Waals surface area contributed by atoms with Crippen LogP contribution in [0.1, 0.15) is 64.5 Å². The molecule has 2 N–H and O–H groups in total. The number of anilines is 1. The lowest BCUT2D eigenvalue weighted by Crippen LogP contribution is -2.45. The Balaban J connectivity index is 2.11. The Labute approximate surface area is 197 Å². The van der Waals surface area contributed by atoms with Crippen LogP contribution in [0.15, 0.2) is 53.4 Å². The number of hydrogen-bond acceptors (Lipinski definition) is 5. The molecule has 0 radical (unpaired) electrons. The lowest BCUT2D eigenvalue weighted by atomic mass is 9.92. The molecule has 0 aliphatic carbocycles. The summed E-state index contributed by atoms with van der Waals surface area (Å²) in [6, 6.07) is 12.5. The first-order valence-electron chi connectivity index (χ1n) is 11.1. The Morgan fingerprint density at radius 1 is 0.848 bits per heavy atom. The van der Waals surface area contributed by atoms with Gasteiger partial charge in [0.15, 0.2) is 6.61 Å². The molecule has 0 fully saturated rings. The number of rotatable bonds is 10. The van der Waals surface area contributed by atoms with E-state index < -0.39 is 34.5 Å². The van der Waals surface area contributed by atoms with Gasteiger partial charge in [0.05, 0.1) is 4.90 Å². The van der Waals surface area contributed by atoms with Crippen molar-refractivity contribution in [3.8, 4) is 0 Å². The summed E-state index contributed by atoms with van der Waals surface area (Å²) in [4.78, 5) is 25.4. The van der Waals surface area contributed by atoms with Crippen LogP contribution in [-0.2, 0) is 24.3 Å². The highest BCUT2D eigenvalue weighted by Crippen LogP contribution is 2.32. The highest BCUT2D eigenvalue weighted by molar-refractivity contribution is 7.89. The molecule has 0 unspecified atom stereocenters. The van der Waals surface area contributed by atoms with Gasteiger partial charge < -0.3 is 10.1 Å². The summed E-state index contributed by atoms with van der Waals surface area (Å²) in [6.07, 6.45) is 0. The number of carbonyl (C=O) groups excluding carboxylic acids is 2. The first-order chi connectivity index (χ1) is 15.4. The lowest BCUT2D eigenvalue weighted by molar-refractivity contribution is -0.150. The number of benzene rings is 2. The zero-order valence-electron chi connectivity index (χ0n) is 20.1. The largest absolute Gasteiger partial charge is 0.454 e. The van der Waals surface area contributed by atoms with Crippen molar-refractivity contribution in [1.29, 1.82) is 0 Å². The molecule has 0 spiro atoms. The predicted molar refractivity (Wildman–Crippen MR) is 130 cm³/mol. The zero-order valence-corrected chi connectivity index (χ0v) is 20.9. The highest BCUT2D eigenvalue weighted by atomic mass is 32.2. The maximum atomic E-state index is 12.7. The number of ether oxygens (including phenoxy) is 1. The van der Waals surface area contributed by atoms with Crippen LogP contribution in [-0.4, -0.2) is 32.9 Å². The summed E-state index contributed by atoms with van der Waals surface area (Å²) < 4.78 is 32.9. The van der Waals surface area contributed by atoms with Gasteiger partial charge in [-0.05, 0) is 41.0 Å². The highest BCUT2D eigenvalue weighted by Gasteiger charge is 2.30. The first kappa shape index (κ1) is 26.5. The van der Waals surface area contributed by atoms with Crippen molar-refractivity contribution in [1.82, 2.24) is 4.72 Å². The Morgan fingerprint density at radius 3 is 1.88 bits per heavy atom. The summed E-state index contributed by atoms with van der Waals surface area (Å²) >= 11 is 0. The summed E-state index contributed by atoms with van der Waals surface area (Å²) in [5.74, 6) is -1.28. The van der Waals surface area contributed by atoms with Gasteiger partial charge in [0.2, 0.25) is 10.0 Å². The number of para-hydroxylation sites is 1. The first-order valence-corrected chi connectivity index (χ1v) is 12.6. The molecule has 2 rings (SSSR count). The third-order valence-electron chi connectivity index (χ3n) is 5.24. The molecule has 2 aromatic carbocycles. The predicted octanol–water partition coefficient (Wildman–Crippen LogP) is 4.42. The number of esters is 1. The molecule has 0 bridgehead atoms. The summed E-state index contributed by atoms with van der Waals surface area (Å²) in [5, 5.41) is 2.88. The van der Waals surface area contributed by atoms with Crippen molar-refractivity contribution < 1.29 is 22.7 Å². The van der Waals surface area contributed by atoms with Gasteiger partial charge in [-0.3, -0.25) is 9.59 Å². The normalized spacial score (nSPS) is 12.8. The number of carbonyl (C=O) groups is 2. The Morgan fingerprint density at radius 2 is 1.39 bits per heavy atom. The number of sulfonamides is 1. The molecule has 0 aromatic heterocycles. The van der Waals surface area contributed by atoms with Crippen molar-refractivity contribution in [2.45, 2.75) is 64.3 Å². The maximum absolute atomic E-state index is 12.7. The molecular weight excluding hydrogens is 440 g/mol. The molecule has 0 saturated carbocycles. The maximum Gasteiger partial charge on any atom is 0.324 e. The van der Waals surface area contributed by atoms with Gasteiger partial charge >= 0.3 is 5.97 Å². The number of amides is 1. The number of hydrogen-bond donors (Lipinski definition) is 2. The topological polar surface area (TPSA) is 102 Å². The molecule has 8 heteroatoms. The molecule has 0 aliphatic heterocycles. The van der Waals surface area contributed by atoms with E-state index in [1.807, 2.05) is 45.9 Å². The molecule has 1 amide bonds. The Hall–Kier alpha value is -2.71. The van der Waals surface area contributed by atoms with E-state index in [1.54, 1.807) is 32.0 Å². The second kappa shape index (κ2) is 11.4. The van der Waals surface area contributed by atoms with Crippen molar-refractivity contribution in [2.24, 2.45) is 5.92 Å². The molecule has 33 heavy (non-hydrogen) atoms. The van der Waals surface area contributed by atoms with Gasteiger partial charge in [-0.25, -0.2) is 8.42 Å². The molecular formula is C25H34N2O5S. The minimum Gasteiger partial charge on any atom is -0.454 e. The lowest BCUT2D eigenvalue weighted by Gasteiger charge is -2.22. The fraction of sp³-hybridized carbons (Fsp3) is 0.440. The van der Waals surface area contributed by atoms with Gasteiger partial charge in [-0.15, -0.1) is 0 Å². The van der Waals surface area contributed by atoms with Crippen LogP contribution in [0.5, 0.6) is 0 Å². The second-order valence-electron chi connectivity index (χ2n) is 8.93. The van der Waals surface area contributed by atoms with Gasteiger partial charge in [-0.2, -0.15) is 4.72 Å². The average molecular weight is 475 g/mol. The van der Waals surface area contributed by atoms with Crippen LogP contribution in [0, 0.1) is 5.92 Å². The van der Waals surface area contributed by atoms with E-state index in [0.717, 1.165) is 16.8 Å². The average Bonchev–Trinajstić information content (AvgIpc) is 2.76. The van der Waals surface area contributed by atoms with E-state index in [0.29, 0.717) is 0 Å². The van der Waals surface area contributed by atoms with Crippen LogP contribution < -0.4 is 10.0 Å². The van der Waals surface area contributed by atoms with Crippen LogP contribution in [0.3, 0.4) is 0 Å². The van der Waals surface area contributed by atoms with E-state index in [2.05, 4.69) is 10.0 Å². The SMILES string of the molecule is CC(C)c1cccc(C(C)C)c1NC(=O)COC(=O)[C@H](NS(=O)(=O)c1ccccc1)C(C)C. The summed E-state index contributed by atoms with van der Waals surface area (Å²) in [6.45, 7) is 11.1. The van der Waals surface area contributed by atoms with Gasteiger partial charge in [0, 0.05) is 5.69 Å². The van der Waals surface area contributed by atoms with Crippen LogP contribution in [0.25, 0.3) is 0 Å². The quantitative estimate of drug-likeness (QED) is 0.497. The molecule has 2 aromatic rings. The second-order valence-corrected chi connectivity index (χ2v) is 10.6. The minimum absolute atomic E-state index is 0.0488. The molecule has 180 valence electrons. The van der Waals surface area contributed by atoms with E-state index in [-0.39, 0.29) is 22.6 Å². The molecule has 7 nitrogen and oxygen atoms in total. The molecule has 0 saturated heterocycles. The van der Waals surface area contributed by atoms with E-state index in [9.17, 15) is 18.0 Å². The van der Waals surface area contributed by atoms with Crippen LogP contribution in [0.4, 0.5) is 5.69 Å². The van der Waals surface area contributed by atoms with Gasteiger partial charge in [-0.1, -0.05) is 77.9 Å². The standard InChI is InChI=1S/C25H34N2O5S/c1-16(2)20-13-10-14-21(17(3)4)24(20)26-22(28)15-32-25(29)23(18(5)6)27-33(30,31)19-11-8-7-9-12-19/h7-14,16-18,23,27H,15H2,1-6H3,(H,26,28)/t23-/m1/s1. The molecule has 0 heterocycles. The van der Waals surface area contributed by atoms with Crippen LogP contribution in [0.2, 0.25) is 0 Å². The minimum atomic E-state index is -3.92. The summed E-state index contributed by atoms with van der Waals surface area (Å²) in [5.41, 5.74) is 2.72. The third kappa shape index (κ3) is 7.14. The van der Waals surface area contributed by atoms with E-state index in [4.69, 9.17) is 4.74 Å². The van der Waals surface area contributed by atoms with Gasteiger partial charge in [0.25, 0.3) is 5.91 Å². The summed E-state index contributed by atoms with van der Waals surface area (Å²) in [7, 11) is -3.92. The van der Waals surface area contributed by atoms with Crippen LogP contribution >= 0.6 is 0 Å². The Bertz CT molecular complexity index is 1040. The third-order valence-corrected chi connectivity index (χ3v) is 6.70. The monoisotopic (exact) mass is 474 g/mol. The van der Waals surface area contributed by atoms with Crippen molar-refractivity contribution >= 4 is 27.6 Å². The van der Waals surface area contributed by atoms with E-state index >= 15 is 0 Å².